The highest BCUT2D eigenvalue weighted by Gasteiger charge is 2.30. The van der Waals surface area contributed by atoms with Crippen molar-refractivity contribution in [1.29, 1.82) is 0 Å². The molecule has 0 atom stereocenters. The molecule has 5 rings (SSSR count). The zero-order valence-corrected chi connectivity index (χ0v) is 19.3. The van der Waals surface area contributed by atoms with Crippen molar-refractivity contribution in [3.05, 3.63) is 67.8 Å². The van der Waals surface area contributed by atoms with Gasteiger partial charge in [-0.25, -0.2) is 14.5 Å². The third-order valence-electron chi connectivity index (χ3n) is 5.78. The van der Waals surface area contributed by atoms with E-state index in [1.165, 1.54) is 4.68 Å². The van der Waals surface area contributed by atoms with Crippen molar-refractivity contribution in [1.82, 2.24) is 29.2 Å². The fourth-order valence-corrected chi connectivity index (χ4v) is 4.64. The topological polar surface area (TPSA) is 104 Å². The second-order valence-corrected chi connectivity index (χ2v) is 9.09. The molecule has 9 nitrogen and oxygen atoms in total. The van der Waals surface area contributed by atoms with Gasteiger partial charge in [-0.1, -0.05) is 6.07 Å². The number of hydrogen-bond acceptors (Lipinski definition) is 6. The summed E-state index contributed by atoms with van der Waals surface area (Å²) in [5.41, 5.74) is 0.909. The number of rotatable bonds is 7. The van der Waals surface area contributed by atoms with Gasteiger partial charge >= 0.3 is 5.69 Å². The van der Waals surface area contributed by atoms with Gasteiger partial charge in [0, 0.05) is 31.0 Å². The molecule has 1 fully saturated rings. The standard InChI is InChI=1S/C23H24N6O3S/c1-3-27-13-17(19(30)16-9-6-14(2)25-20(16)27)22(31)24-10-11-28-23(32)29(15-7-8-15)21(26-28)18-5-4-12-33-18/h4-6,9,12-13,15H,3,7-8,10-11H2,1-2H3,(H,24,31). The zero-order valence-electron chi connectivity index (χ0n) is 18.4. The lowest BCUT2D eigenvalue weighted by Crippen LogP contribution is -2.34. The van der Waals surface area contributed by atoms with Gasteiger partial charge in [0.1, 0.15) is 11.2 Å². The van der Waals surface area contributed by atoms with Crippen LogP contribution in [0.4, 0.5) is 0 Å². The molecule has 1 aliphatic carbocycles. The average molecular weight is 465 g/mol. The Morgan fingerprint density at radius 1 is 1.24 bits per heavy atom. The second-order valence-electron chi connectivity index (χ2n) is 8.15. The first-order valence-corrected chi connectivity index (χ1v) is 11.9. The SMILES string of the molecule is CCn1cc(C(=O)NCCn2nc(-c3cccs3)n(C3CC3)c2=O)c(=O)c2ccc(C)nc21. The van der Waals surface area contributed by atoms with Crippen molar-refractivity contribution >= 4 is 28.3 Å². The predicted octanol–water partition coefficient (Wildman–Crippen LogP) is 2.58. The molecular formula is C23H24N6O3S. The van der Waals surface area contributed by atoms with Gasteiger partial charge in [-0.2, -0.15) is 0 Å². The van der Waals surface area contributed by atoms with Crippen LogP contribution in [-0.2, 0) is 13.1 Å². The summed E-state index contributed by atoms with van der Waals surface area (Å²) in [5.74, 6) is 0.199. The molecule has 0 bridgehead atoms. The maximum atomic E-state index is 12.9. The van der Waals surface area contributed by atoms with Crippen LogP contribution in [0.2, 0.25) is 0 Å². The van der Waals surface area contributed by atoms with Crippen LogP contribution in [0.25, 0.3) is 21.7 Å². The molecule has 4 heterocycles. The fraction of sp³-hybridized carbons (Fsp3) is 0.348. The zero-order chi connectivity index (χ0) is 23.1. The molecule has 0 aromatic carbocycles. The Kier molecular flexibility index (Phi) is 5.45. The predicted molar refractivity (Wildman–Crippen MR) is 127 cm³/mol. The Labute approximate surface area is 193 Å². The lowest BCUT2D eigenvalue weighted by Gasteiger charge is -2.11. The molecule has 4 aromatic rings. The van der Waals surface area contributed by atoms with Gasteiger partial charge in [0.25, 0.3) is 5.91 Å². The molecule has 1 saturated carbocycles. The van der Waals surface area contributed by atoms with Gasteiger partial charge < -0.3 is 9.88 Å². The van der Waals surface area contributed by atoms with E-state index in [1.807, 2.05) is 31.4 Å². The molecule has 0 spiro atoms. The number of hydrogen-bond donors (Lipinski definition) is 1. The third kappa shape index (κ3) is 3.91. The number of aryl methyl sites for hydroxylation is 2. The Bertz CT molecular complexity index is 1460. The maximum absolute atomic E-state index is 12.9. The van der Waals surface area contributed by atoms with Crippen LogP contribution in [0.1, 0.15) is 41.9 Å². The van der Waals surface area contributed by atoms with Gasteiger partial charge in [0.15, 0.2) is 5.82 Å². The quantitative estimate of drug-likeness (QED) is 0.453. The Morgan fingerprint density at radius 3 is 2.76 bits per heavy atom. The molecule has 1 amide bonds. The summed E-state index contributed by atoms with van der Waals surface area (Å²) in [5, 5.41) is 9.67. The summed E-state index contributed by atoms with van der Waals surface area (Å²) in [6.45, 7) is 4.77. The minimum atomic E-state index is -0.474. The number of aromatic nitrogens is 5. The highest BCUT2D eigenvalue weighted by atomic mass is 32.1. The molecule has 33 heavy (non-hydrogen) atoms. The number of thiophene rings is 1. The van der Waals surface area contributed by atoms with Crippen LogP contribution in [0, 0.1) is 6.92 Å². The summed E-state index contributed by atoms with van der Waals surface area (Å²) in [6, 6.07) is 7.55. The number of carbonyl (C=O) groups excluding carboxylic acids is 1. The highest BCUT2D eigenvalue weighted by molar-refractivity contribution is 7.13. The molecule has 0 radical (unpaired) electrons. The first-order chi connectivity index (χ1) is 16.0. The van der Waals surface area contributed by atoms with Crippen molar-refractivity contribution < 1.29 is 4.79 Å². The van der Waals surface area contributed by atoms with Gasteiger partial charge in [0.2, 0.25) is 5.43 Å². The summed E-state index contributed by atoms with van der Waals surface area (Å²) in [7, 11) is 0. The minimum Gasteiger partial charge on any atom is -0.350 e. The molecule has 4 aromatic heterocycles. The Morgan fingerprint density at radius 2 is 2.06 bits per heavy atom. The van der Waals surface area contributed by atoms with Crippen molar-refractivity contribution in [3.8, 4) is 10.7 Å². The van der Waals surface area contributed by atoms with E-state index in [0.29, 0.717) is 23.4 Å². The molecule has 0 saturated heterocycles. The first kappa shape index (κ1) is 21.3. The third-order valence-corrected chi connectivity index (χ3v) is 6.64. The van der Waals surface area contributed by atoms with Crippen molar-refractivity contribution in [2.24, 2.45) is 0 Å². The van der Waals surface area contributed by atoms with Crippen LogP contribution in [0.5, 0.6) is 0 Å². The van der Waals surface area contributed by atoms with E-state index in [0.717, 1.165) is 23.4 Å². The van der Waals surface area contributed by atoms with E-state index in [2.05, 4.69) is 15.4 Å². The van der Waals surface area contributed by atoms with Crippen LogP contribution in [-0.4, -0.2) is 36.4 Å². The number of amides is 1. The largest absolute Gasteiger partial charge is 0.350 e. The van der Waals surface area contributed by atoms with E-state index in [9.17, 15) is 14.4 Å². The summed E-state index contributed by atoms with van der Waals surface area (Å²) >= 11 is 1.54. The highest BCUT2D eigenvalue weighted by Crippen LogP contribution is 2.37. The van der Waals surface area contributed by atoms with Crippen LogP contribution in [0.3, 0.4) is 0 Å². The number of carbonyl (C=O) groups is 1. The monoisotopic (exact) mass is 464 g/mol. The summed E-state index contributed by atoms with van der Waals surface area (Å²) in [6.07, 6.45) is 3.50. The number of fused-ring (bicyclic) bond motifs is 1. The van der Waals surface area contributed by atoms with Crippen LogP contribution >= 0.6 is 11.3 Å². The van der Waals surface area contributed by atoms with Crippen molar-refractivity contribution in [3.63, 3.8) is 0 Å². The maximum Gasteiger partial charge on any atom is 0.346 e. The van der Waals surface area contributed by atoms with E-state index < -0.39 is 5.91 Å². The van der Waals surface area contributed by atoms with Crippen LogP contribution < -0.4 is 16.4 Å². The normalized spacial score (nSPS) is 13.5. The lowest BCUT2D eigenvalue weighted by molar-refractivity contribution is 0.0950. The average Bonchev–Trinajstić information content (AvgIpc) is 3.38. The van der Waals surface area contributed by atoms with Gasteiger partial charge in [-0.15, -0.1) is 16.4 Å². The Balaban J connectivity index is 1.37. The van der Waals surface area contributed by atoms with E-state index in [4.69, 9.17) is 0 Å². The molecular weight excluding hydrogens is 440 g/mol. The van der Waals surface area contributed by atoms with E-state index >= 15 is 0 Å². The smallest absolute Gasteiger partial charge is 0.346 e. The van der Waals surface area contributed by atoms with E-state index in [-0.39, 0.29) is 35.8 Å². The Hall–Kier alpha value is -3.53. The van der Waals surface area contributed by atoms with E-state index in [1.54, 1.807) is 38.8 Å². The molecule has 0 unspecified atom stereocenters. The van der Waals surface area contributed by atoms with Gasteiger partial charge in [-0.05, 0) is 50.3 Å². The second kappa shape index (κ2) is 8.43. The van der Waals surface area contributed by atoms with Crippen molar-refractivity contribution in [2.45, 2.75) is 45.8 Å². The molecule has 1 aliphatic rings. The van der Waals surface area contributed by atoms with Crippen molar-refractivity contribution in [2.75, 3.05) is 6.54 Å². The van der Waals surface area contributed by atoms with Crippen LogP contribution in [0.15, 0.2) is 45.4 Å². The summed E-state index contributed by atoms with van der Waals surface area (Å²) < 4.78 is 4.95. The molecule has 170 valence electrons. The van der Waals surface area contributed by atoms with Gasteiger partial charge in [-0.3, -0.25) is 14.2 Å². The van der Waals surface area contributed by atoms with Gasteiger partial charge in [0.05, 0.1) is 16.8 Å². The molecule has 0 aliphatic heterocycles. The first-order valence-electron chi connectivity index (χ1n) is 11.0. The molecule has 1 N–H and O–H groups in total. The number of pyridine rings is 2. The number of nitrogens with one attached hydrogen (secondary N) is 1. The summed E-state index contributed by atoms with van der Waals surface area (Å²) in [4.78, 5) is 44.1. The lowest BCUT2D eigenvalue weighted by atomic mass is 10.1. The molecule has 10 heteroatoms. The minimum absolute atomic E-state index is 0.0603. The number of nitrogens with zero attached hydrogens (tertiary/aromatic N) is 5. The fourth-order valence-electron chi connectivity index (χ4n) is 3.93.